The summed E-state index contributed by atoms with van der Waals surface area (Å²) in [4.78, 5) is 35.1. The average molecular weight is 312 g/mol. The number of ether oxygens (including phenoxy) is 1. The smallest absolute Gasteiger partial charge is 0.337 e. The highest BCUT2D eigenvalue weighted by Crippen LogP contribution is 2.11. The molecule has 0 unspecified atom stereocenters. The van der Waals surface area contributed by atoms with E-state index in [1.54, 1.807) is 48.5 Å². The molecule has 0 atom stereocenters. The second-order valence-electron chi connectivity index (χ2n) is 4.67. The van der Waals surface area contributed by atoms with Gasteiger partial charge in [0.2, 0.25) is 5.91 Å². The zero-order chi connectivity index (χ0) is 16.7. The van der Waals surface area contributed by atoms with Gasteiger partial charge in [0.05, 0.1) is 19.2 Å². The van der Waals surface area contributed by atoms with Gasteiger partial charge in [-0.3, -0.25) is 9.59 Å². The molecule has 0 saturated carbocycles. The molecule has 0 fully saturated rings. The highest BCUT2D eigenvalue weighted by molar-refractivity contribution is 6.00. The van der Waals surface area contributed by atoms with Crippen LogP contribution in [0.1, 0.15) is 20.7 Å². The van der Waals surface area contributed by atoms with E-state index in [4.69, 9.17) is 0 Å². The van der Waals surface area contributed by atoms with Crippen molar-refractivity contribution in [3.8, 4) is 0 Å². The SMILES string of the molecule is COC(=O)c1cccc(NC(=O)CNC(=O)c2ccccc2)c1. The minimum absolute atomic E-state index is 0.170. The molecule has 0 spiro atoms. The largest absolute Gasteiger partial charge is 0.465 e. The van der Waals surface area contributed by atoms with Crippen LogP contribution in [0.3, 0.4) is 0 Å². The molecule has 23 heavy (non-hydrogen) atoms. The van der Waals surface area contributed by atoms with Crippen molar-refractivity contribution < 1.29 is 19.1 Å². The standard InChI is InChI=1S/C17H16N2O4/c1-23-17(22)13-8-5-9-14(10-13)19-15(20)11-18-16(21)12-6-3-2-4-7-12/h2-10H,11H2,1H3,(H,18,21)(H,19,20). The van der Waals surface area contributed by atoms with Gasteiger partial charge in [0, 0.05) is 11.3 Å². The van der Waals surface area contributed by atoms with Gasteiger partial charge in [0.15, 0.2) is 0 Å². The lowest BCUT2D eigenvalue weighted by Gasteiger charge is -2.08. The van der Waals surface area contributed by atoms with E-state index in [0.717, 1.165) is 0 Å². The summed E-state index contributed by atoms with van der Waals surface area (Å²) in [5, 5.41) is 5.13. The van der Waals surface area contributed by atoms with Crippen molar-refractivity contribution in [3.63, 3.8) is 0 Å². The van der Waals surface area contributed by atoms with E-state index in [2.05, 4.69) is 15.4 Å². The molecular weight excluding hydrogens is 296 g/mol. The molecule has 0 bridgehead atoms. The topological polar surface area (TPSA) is 84.5 Å². The highest BCUT2D eigenvalue weighted by Gasteiger charge is 2.09. The summed E-state index contributed by atoms with van der Waals surface area (Å²) in [7, 11) is 1.28. The van der Waals surface area contributed by atoms with Crippen molar-refractivity contribution in [2.75, 3.05) is 19.0 Å². The third-order valence-corrected chi connectivity index (χ3v) is 3.01. The van der Waals surface area contributed by atoms with E-state index in [9.17, 15) is 14.4 Å². The Hall–Kier alpha value is -3.15. The first kappa shape index (κ1) is 16.2. The van der Waals surface area contributed by atoms with Crippen LogP contribution in [0, 0.1) is 0 Å². The number of rotatable bonds is 5. The quantitative estimate of drug-likeness (QED) is 0.825. The first-order valence-electron chi connectivity index (χ1n) is 6.91. The molecule has 0 heterocycles. The van der Waals surface area contributed by atoms with Gasteiger partial charge in [-0.2, -0.15) is 0 Å². The molecule has 2 aromatic rings. The normalized spacial score (nSPS) is 9.78. The Kier molecular flexibility index (Phi) is 5.46. The van der Waals surface area contributed by atoms with Gasteiger partial charge in [-0.15, -0.1) is 0 Å². The first-order chi connectivity index (χ1) is 11.1. The molecular formula is C17H16N2O4. The molecule has 118 valence electrons. The fourth-order valence-electron chi connectivity index (χ4n) is 1.90. The third kappa shape index (κ3) is 4.67. The molecule has 0 aliphatic carbocycles. The van der Waals surface area contributed by atoms with Crippen LogP contribution in [0.15, 0.2) is 54.6 Å². The number of carbonyl (C=O) groups is 3. The maximum Gasteiger partial charge on any atom is 0.337 e. The van der Waals surface area contributed by atoms with Crippen molar-refractivity contribution >= 4 is 23.5 Å². The molecule has 2 aromatic carbocycles. The van der Waals surface area contributed by atoms with Gasteiger partial charge >= 0.3 is 5.97 Å². The number of hydrogen-bond donors (Lipinski definition) is 2. The lowest BCUT2D eigenvalue weighted by Crippen LogP contribution is -2.32. The molecule has 0 aliphatic heterocycles. The number of benzene rings is 2. The van der Waals surface area contributed by atoms with Crippen LogP contribution in [-0.4, -0.2) is 31.4 Å². The van der Waals surface area contributed by atoms with Gasteiger partial charge in [-0.25, -0.2) is 4.79 Å². The van der Waals surface area contributed by atoms with E-state index in [1.165, 1.54) is 13.2 Å². The van der Waals surface area contributed by atoms with Crippen molar-refractivity contribution in [1.29, 1.82) is 0 Å². The van der Waals surface area contributed by atoms with Crippen LogP contribution >= 0.6 is 0 Å². The Bertz CT molecular complexity index is 714. The van der Waals surface area contributed by atoms with Gasteiger partial charge in [-0.1, -0.05) is 24.3 Å². The molecule has 0 aliphatic rings. The van der Waals surface area contributed by atoms with E-state index in [1.807, 2.05) is 0 Å². The van der Waals surface area contributed by atoms with Crippen LogP contribution in [0.25, 0.3) is 0 Å². The van der Waals surface area contributed by atoms with Crippen LogP contribution < -0.4 is 10.6 Å². The van der Waals surface area contributed by atoms with Crippen LogP contribution in [0.2, 0.25) is 0 Å². The van der Waals surface area contributed by atoms with Crippen molar-refractivity contribution in [1.82, 2.24) is 5.32 Å². The Balaban J connectivity index is 1.90. The molecule has 0 radical (unpaired) electrons. The fraction of sp³-hybridized carbons (Fsp3) is 0.118. The summed E-state index contributed by atoms with van der Waals surface area (Å²) < 4.78 is 4.62. The molecule has 0 saturated heterocycles. The summed E-state index contributed by atoms with van der Waals surface area (Å²) in [5.74, 6) is -1.21. The predicted octanol–water partition coefficient (Wildman–Crippen LogP) is 1.84. The molecule has 6 nitrogen and oxygen atoms in total. The fourth-order valence-corrected chi connectivity index (χ4v) is 1.90. The van der Waals surface area contributed by atoms with Gasteiger partial charge in [-0.05, 0) is 30.3 Å². The second-order valence-corrected chi connectivity index (χ2v) is 4.67. The number of esters is 1. The summed E-state index contributed by atoms with van der Waals surface area (Å²) in [6.07, 6.45) is 0. The number of nitrogens with one attached hydrogen (secondary N) is 2. The van der Waals surface area contributed by atoms with E-state index >= 15 is 0 Å². The number of carbonyl (C=O) groups excluding carboxylic acids is 3. The third-order valence-electron chi connectivity index (χ3n) is 3.01. The summed E-state index contributed by atoms with van der Waals surface area (Å²) in [6, 6.07) is 15.0. The molecule has 0 aromatic heterocycles. The lowest BCUT2D eigenvalue weighted by molar-refractivity contribution is -0.115. The van der Waals surface area contributed by atoms with Crippen LogP contribution in [0.4, 0.5) is 5.69 Å². The summed E-state index contributed by atoms with van der Waals surface area (Å²) >= 11 is 0. The minimum atomic E-state index is -0.488. The molecule has 6 heteroatoms. The Labute approximate surface area is 133 Å². The summed E-state index contributed by atoms with van der Waals surface area (Å²) in [5.41, 5.74) is 1.26. The Morgan fingerprint density at radius 1 is 0.957 bits per heavy atom. The minimum Gasteiger partial charge on any atom is -0.465 e. The number of methoxy groups -OCH3 is 1. The zero-order valence-electron chi connectivity index (χ0n) is 12.5. The maximum absolute atomic E-state index is 11.9. The van der Waals surface area contributed by atoms with Crippen LogP contribution in [0.5, 0.6) is 0 Å². The average Bonchev–Trinajstić information content (AvgIpc) is 2.60. The van der Waals surface area contributed by atoms with Crippen molar-refractivity contribution in [2.24, 2.45) is 0 Å². The number of amides is 2. The molecule has 2 rings (SSSR count). The Morgan fingerprint density at radius 2 is 1.65 bits per heavy atom. The van der Waals surface area contributed by atoms with Gasteiger partial charge in [0.1, 0.15) is 0 Å². The predicted molar refractivity (Wildman–Crippen MR) is 85.2 cm³/mol. The van der Waals surface area contributed by atoms with Gasteiger partial charge in [0.25, 0.3) is 5.91 Å². The van der Waals surface area contributed by atoms with Crippen molar-refractivity contribution in [2.45, 2.75) is 0 Å². The zero-order valence-corrected chi connectivity index (χ0v) is 12.5. The van der Waals surface area contributed by atoms with E-state index in [0.29, 0.717) is 16.8 Å². The first-order valence-corrected chi connectivity index (χ1v) is 6.91. The Morgan fingerprint density at radius 3 is 2.35 bits per heavy atom. The maximum atomic E-state index is 11.9. The lowest BCUT2D eigenvalue weighted by atomic mass is 10.2. The molecule has 2 amide bonds. The highest BCUT2D eigenvalue weighted by atomic mass is 16.5. The van der Waals surface area contributed by atoms with Gasteiger partial charge < -0.3 is 15.4 Å². The van der Waals surface area contributed by atoms with Crippen LogP contribution in [-0.2, 0) is 9.53 Å². The number of hydrogen-bond acceptors (Lipinski definition) is 4. The number of anilines is 1. The molecule has 2 N–H and O–H groups in total. The van der Waals surface area contributed by atoms with Crippen molar-refractivity contribution in [3.05, 3.63) is 65.7 Å². The monoisotopic (exact) mass is 312 g/mol. The second kappa shape index (κ2) is 7.74. The van der Waals surface area contributed by atoms with E-state index < -0.39 is 11.9 Å². The van der Waals surface area contributed by atoms with E-state index in [-0.39, 0.29) is 12.5 Å². The summed E-state index contributed by atoms with van der Waals surface area (Å²) in [6.45, 7) is -0.170.